The Labute approximate surface area is 154 Å². The highest BCUT2D eigenvalue weighted by atomic mass is 32.2. The van der Waals surface area contributed by atoms with Crippen LogP contribution < -0.4 is 10.2 Å². The molecule has 1 heterocycles. The zero-order valence-electron chi connectivity index (χ0n) is 14.0. The quantitative estimate of drug-likeness (QED) is 0.843. The van der Waals surface area contributed by atoms with E-state index in [2.05, 4.69) is 10.3 Å². The molecule has 0 saturated carbocycles. The molecule has 5 nitrogen and oxygen atoms in total. The first-order chi connectivity index (χ1) is 12.6. The zero-order valence-corrected chi connectivity index (χ0v) is 14.8. The lowest BCUT2D eigenvalue weighted by molar-refractivity contribution is -0.118. The molecule has 1 aliphatic rings. The summed E-state index contributed by atoms with van der Waals surface area (Å²) in [7, 11) is 1.54. The second-order valence-corrected chi connectivity index (χ2v) is 6.36. The maximum absolute atomic E-state index is 13.2. The fourth-order valence-corrected chi connectivity index (χ4v) is 3.21. The Kier molecular flexibility index (Phi) is 5.48. The molecule has 0 unspecified atom stereocenters. The molecule has 0 bridgehead atoms. The number of benzene rings is 2. The van der Waals surface area contributed by atoms with Crippen molar-refractivity contribution in [2.45, 2.75) is 0 Å². The van der Waals surface area contributed by atoms with Gasteiger partial charge < -0.3 is 5.32 Å². The van der Waals surface area contributed by atoms with Crippen LogP contribution in [0.15, 0.2) is 65.3 Å². The molecule has 1 aliphatic heterocycles. The van der Waals surface area contributed by atoms with E-state index in [1.165, 1.54) is 29.2 Å². The summed E-state index contributed by atoms with van der Waals surface area (Å²) >= 11 is 1.15. The average molecular weight is 369 g/mol. The number of hydrogen-bond acceptors (Lipinski definition) is 4. The van der Waals surface area contributed by atoms with Crippen LogP contribution in [0.2, 0.25) is 0 Å². The monoisotopic (exact) mass is 369 g/mol. The molecule has 2 aromatic rings. The van der Waals surface area contributed by atoms with Gasteiger partial charge in [-0.3, -0.25) is 14.5 Å². The standard InChI is InChI=1S/C19H16FN3O2S/c1-21-17(24)12-26-19-22-16(11-13-5-3-2-4-6-13)18(25)23(19)15-9-7-14(20)8-10-15/h2-11H,12H2,1H3,(H,21,24)/b16-11-. The van der Waals surface area contributed by atoms with Crippen molar-refractivity contribution in [3.05, 3.63) is 71.7 Å². The lowest BCUT2D eigenvalue weighted by atomic mass is 10.2. The van der Waals surface area contributed by atoms with Crippen LogP contribution in [0.3, 0.4) is 0 Å². The summed E-state index contributed by atoms with van der Waals surface area (Å²) in [4.78, 5) is 30.2. The van der Waals surface area contributed by atoms with Crippen molar-refractivity contribution in [1.82, 2.24) is 5.32 Å². The molecular weight excluding hydrogens is 353 g/mol. The van der Waals surface area contributed by atoms with E-state index in [1.807, 2.05) is 30.3 Å². The minimum absolute atomic E-state index is 0.124. The normalized spacial score (nSPS) is 15.3. The molecule has 0 radical (unpaired) electrons. The molecular formula is C19H16FN3O2S. The highest BCUT2D eigenvalue weighted by molar-refractivity contribution is 8.14. The molecule has 0 fully saturated rings. The van der Waals surface area contributed by atoms with E-state index in [-0.39, 0.29) is 23.3 Å². The lowest BCUT2D eigenvalue weighted by Crippen LogP contribution is -2.31. The van der Waals surface area contributed by atoms with E-state index >= 15 is 0 Å². The first kappa shape index (κ1) is 17.9. The Morgan fingerprint density at radius 1 is 1.19 bits per heavy atom. The topological polar surface area (TPSA) is 61.8 Å². The Bertz CT molecular complexity index is 879. The minimum Gasteiger partial charge on any atom is -0.358 e. The number of carbonyl (C=O) groups is 2. The van der Waals surface area contributed by atoms with Crippen molar-refractivity contribution in [3.8, 4) is 0 Å². The number of halogens is 1. The number of hydrogen-bond donors (Lipinski definition) is 1. The molecule has 3 rings (SSSR count). The second kappa shape index (κ2) is 7.97. The largest absolute Gasteiger partial charge is 0.358 e. The first-order valence-electron chi connectivity index (χ1n) is 7.87. The van der Waals surface area contributed by atoms with E-state index in [1.54, 1.807) is 13.1 Å². The van der Waals surface area contributed by atoms with Crippen molar-refractivity contribution in [2.75, 3.05) is 17.7 Å². The molecule has 0 saturated heterocycles. The average Bonchev–Trinajstić information content (AvgIpc) is 2.97. The first-order valence-corrected chi connectivity index (χ1v) is 8.86. The van der Waals surface area contributed by atoms with Crippen LogP contribution in [0.4, 0.5) is 10.1 Å². The highest BCUT2D eigenvalue weighted by Gasteiger charge is 2.32. The third-order valence-electron chi connectivity index (χ3n) is 3.63. The van der Waals surface area contributed by atoms with Crippen molar-refractivity contribution < 1.29 is 14.0 Å². The van der Waals surface area contributed by atoms with Gasteiger partial charge >= 0.3 is 0 Å². The number of carbonyl (C=O) groups excluding carboxylic acids is 2. The molecule has 0 atom stereocenters. The zero-order chi connectivity index (χ0) is 18.5. The van der Waals surface area contributed by atoms with Gasteiger partial charge in [0, 0.05) is 7.05 Å². The molecule has 1 N–H and O–H groups in total. The van der Waals surface area contributed by atoms with Crippen LogP contribution in [0.5, 0.6) is 0 Å². The van der Waals surface area contributed by atoms with Crippen LogP contribution >= 0.6 is 11.8 Å². The third kappa shape index (κ3) is 4.00. The van der Waals surface area contributed by atoms with Crippen LogP contribution in [0.1, 0.15) is 5.56 Å². The summed E-state index contributed by atoms with van der Waals surface area (Å²) in [5, 5.41) is 2.91. The van der Waals surface area contributed by atoms with Gasteiger partial charge in [0.15, 0.2) is 5.17 Å². The fraction of sp³-hybridized carbons (Fsp3) is 0.105. The predicted octanol–water partition coefficient (Wildman–Crippen LogP) is 3.05. The summed E-state index contributed by atoms with van der Waals surface area (Å²) in [6.07, 6.45) is 1.69. The molecule has 2 aromatic carbocycles. The van der Waals surface area contributed by atoms with Gasteiger partial charge in [-0.1, -0.05) is 42.1 Å². The summed E-state index contributed by atoms with van der Waals surface area (Å²) < 4.78 is 13.2. The van der Waals surface area contributed by atoms with Crippen molar-refractivity contribution in [3.63, 3.8) is 0 Å². The van der Waals surface area contributed by atoms with E-state index < -0.39 is 5.82 Å². The number of aliphatic imine (C=N–C) groups is 1. The van der Waals surface area contributed by atoms with Gasteiger partial charge in [-0.15, -0.1) is 0 Å². The summed E-state index contributed by atoms with van der Waals surface area (Å²) in [5.41, 5.74) is 1.60. The molecule has 0 spiro atoms. The van der Waals surface area contributed by atoms with Gasteiger partial charge in [0.05, 0.1) is 11.4 Å². The summed E-state index contributed by atoms with van der Waals surface area (Å²) in [5.74, 6) is -0.764. The maximum atomic E-state index is 13.2. The van der Waals surface area contributed by atoms with Crippen LogP contribution in [-0.4, -0.2) is 29.8 Å². The minimum atomic E-state index is -0.392. The van der Waals surface area contributed by atoms with Crippen LogP contribution in [-0.2, 0) is 9.59 Å². The van der Waals surface area contributed by atoms with Gasteiger partial charge in [-0.25, -0.2) is 9.38 Å². The molecule has 132 valence electrons. The molecule has 26 heavy (non-hydrogen) atoms. The highest BCUT2D eigenvalue weighted by Crippen LogP contribution is 2.29. The van der Waals surface area contributed by atoms with Crippen molar-refractivity contribution in [1.29, 1.82) is 0 Å². The number of nitrogens with one attached hydrogen (secondary N) is 1. The molecule has 7 heteroatoms. The Balaban J connectivity index is 1.94. The number of nitrogens with zero attached hydrogens (tertiary/aromatic N) is 2. The van der Waals surface area contributed by atoms with Gasteiger partial charge in [-0.05, 0) is 35.9 Å². The number of amidine groups is 1. The fourth-order valence-electron chi connectivity index (χ4n) is 2.32. The molecule has 0 aliphatic carbocycles. The van der Waals surface area contributed by atoms with Crippen LogP contribution in [0.25, 0.3) is 6.08 Å². The Morgan fingerprint density at radius 2 is 1.88 bits per heavy atom. The third-order valence-corrected chi connectivity index (χ3v) is 4.57. The van der Waals surface area contributed by atoms with E-state index in [4.69, 9.17) is 0 Å². The van der Waals surface area contributed by atoms with Crippen molar-refractivity contribution >= 4 is 40.5 Å². The lowest BCUT2D eigenvalue weighted by Gasteiger charge is -2.17. The number of rotatable bonds is 4. The Morgan fingerprint density at radius 3 is 2.54 bits per heavy atom. The van der Waals surface area contributed by atoms with Gasteiger partial charge in [-0.2, -0.15) is 0 Å². The smallest absolute Gasteiger partial charge is 0.283 e. The van der Waals surface area contributed by atoms with E-state index in [9.17, 15) is 14.0 Å². The van der Waals surface area contributed by atoms with E-state index in [0.29, 0.717) is 10.9 Å². The number of thioether (sulfide) groups is 1. The Hall–Kier alpha value is -2.93. The molecule has 0 aromatic heterocycles. The molecule has 2 amide bonds. The number of amides is 2. The maximum Gasteiger partial charge on any atom is 0.283 e. The van der Waals surface area contributed by atoms with Gasteiger partial charge in [0.25, 0.3) is 5.91 Å². The van der Waals surface area contributed by atoms with Crippen molar-refractivity contribution in [2.24, 2.45) is 4.99 Å². The van der Waals surface area contributed by atoms with Crippen LogP contribution in [0, 0.1) is 5.82 Å². The second-order valence-electron chi connectivity index (χ2n) is 5.41. The van der Waals surface area contributed by atoms with Gasteiger partial charge in [0.2, 0.25) is 5.91 Å². The van der Waals surface area contributed by atoms with Gasteiger partial charge in [0.1, 0.15) is 11.5 Å². The van der Waals surface area contributed by atoms with E-state index in [0.717, 1.165) is 17.3 Å². The summed E-state index contributed by atoms with van der Waals surface area (Å²) in [6, 6.07) is 14.9. The number of anilines is 1. The summed E-state index contributed by atoms with van der Waals surface area (Å²) in [6.45, 7) is 0. The predicted molar refractivity (Wildman–Crippen MR) is 102 cm³/mol. The SMILES string of the molecule is CNC(=O)CSC1=N/C(=C\c2ccccc2)C(=O)N1c1ccc(F)cc1.